The summed E-state index contributed by atoms with van der Waals surface area (Å²) >= 11 is 0. The predicted molar refractivity (Wildman–Crippen MR) is 79.7 cm³/mol. The predicted octanol–water partition coefficient (Wildman–Crippen LogP) is 3.01. The zero-order valence-corrected chi connectivity index (χ0v) is 13.2. The highest BCUT2D eigenvalue weighted by Crippen LogP contribution is 2.23. The number of sulfonamides is 1. The Morgan fingerprint density at radius 2 is 1.85 bits per heavy atom. The van der Waals surface area contributed by atoms with Crippen molar-refractivity contribution < 1.29 is 8.42 Å². The fourth-order valence-corrected chi connectivity index (χ4v) is 3.62. The molecule has 1 aromatic carbocycles. The smallest absolute Gasteiger partial charge is 0.207 e. The van der Waals surface area contributed by atoms with Gasteiger partial charge in [-0.2, -0.15) is 9.57 Å². The molecular weight excluding hydrogens is 272 g/mol. The second-order valence-corrected chi connectivity index (χ2v) is 6.66. The van der Waals surface area contributed by atoms with E-state index in [-0.39, 0.29) is 4.90 Å². The molecule has 0 bridgehead atoms. The number of benzene rings is 1. The van der Waals surface area contributed by atoms with E-state index in [9.17, 15) is 8.42 Å². The normalized spacial score (nSPS) is 16.9. The van der Waals surface area contributed by atoms with Crippen molar-refractivity contribution in [1.82, 2.24) is 4.31 Å². The van der Waals surface area contributed by atoms with Crippen LogP contribution in [0, 0.1) is 17.2 Å². The molecule has 0 atom stereocenters. The highest BCUT2D eigenvalue weighted by atomic mass is 32.2. The highest BCUT2D eigenvalue weighted by molar-refractivity contribution is 7.89. The van der Waals surface area contributed by atoms with Crippen molar-refractivity contribution in [2.75, 3.05) is 13.1 Å². The molecule has 0 radical (unpaired) electrons. The Morgan fingerprint density at radius 1 is 1.25 bits per heavy atom. The molecule has 110 valence electrons. The van der Waals surface area contributed by atoms with Crippen LogP contribution in [0.25, 0.3) is 0 Å². The number of hydrogen-bond acceptors (Lipinski definition) is 3. The van der Waals surface area contributed by atoms with Gasteiger partial charge in [0, 0.05) is 13.1 Å². The highest BCUT2D eigenvalue weighted by Gasteiger charge is 2.27. The monoisotopic (exact) mass is 294 g/mol. The Balaban J connectivity index is 0.000000956. The van der Waals surface area contributed by atoms with Crippen LogP contribution in [-0.2, 0) is 10.0 Å². The van der Waals surface area contributed by atoms with Gasteiger partial charge in [0.2, 0.25) is 10.0 Å². The molecule has 0 aromatic heterocycles. The molecule has 1 aliphatic heterocycles. The van der Waals surface area contributed by atoms with Gasteiger partial charge in [-0.1, -0.05) is 26.8 Å². The minimum atomic E-state index is -3.44. The van der Waals surface area contributed by atoms with Crippen molar-refractivity contribution in [3.05, 3.63) is 29.8 Å². The van der Waals surface area contributed by atoms with Gasteiger partial charge in [-0.3, -0.25) is 0 Å². The number of hydrogen-bond donors (Lipinski definition) is 0. The van der Waals surface area contributed by atoms with Gasteiger partial charge < -0.3 is 0 Å². The molecule has 2 rings (SSSR count). The van der Waals surface area contributed by atoms with E-state index in [2.05, 4.69) is 6.92 Å². The van der Waals surface area contributed by atoms with Crippen molar-refractivity contribution in [2.45, 2.75) is 38.5 Å². The van der Waals surface area contributed by atoms with Crippen LogP contribution in [0.15, 0.2) is 29.2 Å². The molecule has 5 heteroatoms. The molecule has 0 spiro atoms. The van der Waals surface area contributed by atoms with E-state index >= 15 is 0 Å². The number of nitriles is 1. The zero-order valence-electron chi connectivity index (χ0n) is 12.3. The van der Waals surface area contributed by atoms with Crippen LogP contribution in [0.4, 0.5) is 0 Å². The van der Waals surface area contributed by atoms with Crippen LogP contribution in [0.2, 0.25) is 0 Å². The van der Waals surface area contributed by atoms with Gasteiger partial charge in [-0.05, 0) is 37.0 Å². The van der Waals surface area contributed by atoms with E-state index in [1.54, 1.807) is 18.2 Å². The van der Waals surface area contributed by atoms with Crippen LogP contribution in [0.5, 0.6) is 0 Å². The Labute approximate surface area is 122 Å². The van der Waals surface area contributed by atoms with Crippen LogP contribution in [-0.4, -0.2) is 25.8 Å². The molecule has 20 heavy (non-hydrogen) atoms. The summed E-state index contributed by atoms with van der Waals surface area (Å²) in [7, 11) is -3.44. The maximum Gasteiger partial charge on any atom is 0.243 e. The van der Waals surface area contributed by atoms with Crippen molar-refractivity contribution in [3.8, 4) is 6.07 Å². The molecule has 0 saturated carbocycles. The van der Waals surface area contributed by atoms with Gasteiger partial charge in [-0.15, -0.1) is 0 Å². The number of rotatable bonds is 2. The maximum atomic E-state index is 12.4. The third-order valence-electron chi connectivity index (χ3n) is 3.34. The van der Waals surface area contributed by atoms with Crippen molar-refractivity contribution in [2.24, 2.45) is 5.92 Å². The van der Waals surface area contributed by atoms with Crippen LogP contribution < -0.4 is 0 Å². The zero-order chi connectivity index (χ0) is 15.2. The fraction of sp³-hybridized carbons (Fsp3) is 0.533. The Bertz CT molecular complexity index is 568. The van der Waals surface area contributed by atoms with Crippen molar-refractivity contribution >= 4 is 10.0 Å². The molecule has 1 aromatic rings. The van der Waals surface area contributed by atoms with Gasteiger partial charge in [0.1, 0.15) is 0 Å². The second kappa shape index (κ2) is 7.41. The molecule has 4 nitrogen and oxygen atoms in total. The van der Waals surface area contributed by atoms with E-state index in [0.29, 0.717) is 24.6 Å². The SMILES string of the molecule is CC.CC1CCN(S(=O)(=O)c2cccc(C#N)c2)CC1. The molecular formula is C15H22N2O2S. The third-order valence-corrected chi connectivity index (χ3v) is 5.24. The molecule has 0 aliphatic carbocycles. The van der Waals surface area contributed by atoms with E-state index in [0.717, 1.165) is 12.8 Å². The van der Waals surface area contributed by atoms with Crippen molar-refractivity contribution in [1.29, 1.82) is 5.26 Å². The molecule has 0 amide bonds. The van der Waals surface area contributed by atoms with E-state index in [4.69, 9.17) is 5.26 Å². The largest absolute Gasteiger partial charge is 0.243 e. The van der Waals surface area contributed by atoms with E-state index in [1.165, 1.54) is 10.4 Å². The minimum Gasteiger partial charge on any atom is -0.207 e. The molecule has 0 unspecified atom stereocenters. The summed E-state index contributed by atoms with van der Waals surface area (Å²) in [5, 5.41) is 8.81. The van der Waals surface area contributed by atoms with Gasteiger partial charge >= 0.3 is 0 Å². The summed E-state index contributed by atoms with van der Waals surface area (Å²) in [4.78, 5) is 0.219. The molecule has 1 aliphatic rings. The number of nitrogens with zero attached hydrogens (tertiary/aromatic N) is 2. The summed E-state index contributed by atoms with van der Waals surface area (Å²) in [5.74, 6) is 0.585. The summed E-state index contributed by atoms with van der Waals surface area (Å²) in [6.45, 7) is 7.28. The first-order valence-corrected chi connectivity index (χ1v) is 8.48. The van der Waals surface area contributed by atoms with Crippen LogP contribution in [0.1, 0.15) is 39.2 Å². The topological polar surface area (TPSA) is 61.2 Å². The van der Waals surface area contributed by atoms with E-state index in [1.807, 2.05) is 19.9 Å². The molecule has 1 saturated heterocycles. The van der Waals surface area contributed by atoms with Crippen LogP contribution in [0.3, 0.4) is 0 Å². The van der Waals surface area contributed by atoms with Gasteiger partial charge in [0.25, 0.3) is 0 Å². The van der Waals surface area contributed by atoms with Gasteiger partial charge in [0.05, 0.1) is 16.5 Å². The summed E-state index contributed by atoms with van der Waals surface area (Å²) in [6, 6.07) is 8.17. The average Bonchev–Trinajstić information content (AvgIpc) is 2.50. The fourth-order valence-electron chi connectivity index (χ4n) is 2.10. The summed E-state index contributed by atoms with van der Waals surface area (Å²) < 4.78 is 26.3. The first-order valence-electron chi connectivity index (χ1n) is 7.04. The van der Waals surface area contributed by atoms with Gasteiger partial charge in [-0.25, -0.2) is 8.42 Å². The number of piperidine rings is 1. The average molecular weight is 294 g/mol. The Hall–Kier alpha value is -1.38. The molecule has 0 N–H and O–H groups in total. The van der Waals surface area contributed by atoms with E-state index < -0.39 is 10.0 Å². The standard InChI is InChI=1S/C13H16N2O2S.C2H6/c1-11-5-7-15(8-6-11)18(16,17)13-4-2-3-12(9-13)10-14;1-2/h2-4,9,11H,5-8H2,1H3;1-2H3. The van der Waals surface area contributed by atoms with Crippen molar-refractivity contribution in [3.63, 3.8) is 0 Å². The lowest BCUT2D eigenvalue weighted by Crippen LogP contribution is -2.37. The minimum absolute atomic E-state index is 0.219. The van der Waals surface area contributed by atoms with Gasteiger partial charge in [0.15, 0.2) is 0 Å². The summed E-state index contributed by atoms with van der Waals surface area (Å²) in [5.41, 5.74) is 0.376. The lowest BCUT2D eigenvalue weighted by atomic mass is 10.0. The quantitative estimate of drug-likeness (QED) is 0.842. The Kier molecular flexibility index (Phi) is 6.18. The first kappa shape index (κ1) is 16.7. The van der Waals surface area contributed by atoms with Crippen LogP contribution >= 0.6 is 0 Å². The Morgan fingerprint density at radius 3 is 2.40 bits per heavy atom. The first-order chi connectivity index (χ1) is 9.54. The lowest BCUT2D eigenvalue weighted by molar-refractivity contribution is 0.288. The molecule has 1 heterocycles. The summed E-state index contributed by atoms with van der Waals surface area (Å²) in [6.07, 6.45) is 1.80. The molecule has 1 fully saturated rings. The lowest BCUT2D eigenvalue weighted by Gasteiger charge is -2.29. The third kappa shape index (κ3) is 3.81. The maximum absolute atomic E-state index is 12.4. The second-order valence-electron chi connectivity index (χ2n) is 4.73.